The summed E-state index contributed by atoms with van der Waals surface area (Å²) in [6, 6.07) is 2.70. The lowest BCUT2D eigenvalue weighted by atomic mass is 10.0. The van der Waals surface area contributed by atoms with Crippen molar-refractivity contribution in [1.29, 1.82) is 0 Å². The summed E-state index contributed by atoms with van der Waals surface area (Å²) < 4.78 is 44.3. The normalized spacial score (nSPS) is 19.3. The van der Waals surface area contributed by atoms with Crippen LogP contribution in [0.3, 0.4) is 0 Å². The molecule has 9 heteroatoms. The molecule has 1 heterocycles. The van der Waals surface area contributed by atoms with Crippen LogP contribution in [0, 0.1) is 11.7 Å². The molecule has 1 aliphatic heterocycles. The predicted octanol–water partition coefficient (Wildman–Crippen LogP) is 1.10. The van der Waals surface area contributed by atoms with Crippen LogP contribution in [0.1, 0.15) is 23.2 Å². The van der Waals surface area contributed by atoms with E-state index in [-0.39, 0.29) is 13.1 Å². The summed E-state index contributed by atoms with van der Waals surface area (Å²) in [4.78, 5) is 22.4. The van der Waals surface area contributed by atoms with Crippen LogP contribution in [0.2, 0.25) is 0 Å². The summed E-state index contributed by atoms with van der Waals surface area (Å²) in [5.41, 5.74) is -0.412. The van der Waals surface area contributed by atoms with Crippen molar-refractivity contribution in [3.8, 4) is 0 Å². The van der Waals surface area contributed by atoms with Gasteiger partial charge in [-0.25, -0.2) is 17.6 Å². The Morgan fingerprint density at radius 2 is 2.09 bits per heavy atom. The van der Waals surface area contributed by atoms with Gasteiger partial charge in [0.15, 0.2) is 0 Å². The number of hydrogen-bond donors (Lipinski definition) is 1. The van der Waals surface area contributed by atoms with Gasteiger partial charge in [-0.1, -0.05) is 0 Å². The van der Waals surface area contributed by atoms with Crippen molar-refractivity contribution < 1.29 is 32.2 Å². The summed E-state index contributed by atoms with van der Waals surface area (Å²) in [5.74, 6) is -3.63. The Balaban J connectivity index is 2.43. The van der Waals surface area contributed by atoms with Crippen LogP contribution in [-0.4, -0.2) is 50.0 Å². The summed E-state index contributed by atoms with van der Waals surface area (Å²) >= 11 is 0. The fraction of sp³-hybridized carbons (Fsp3) is 0.429. The number of benzene rings is 1. The molecule has 23 heavy (non-hydrogen) atoms. The fourth-order valence-corrected chi connectivity index (χ4v) is 4.18. The Hall–Kier alpha value is -2.00. The third-order valence-corrected chi connectivity index (χ3v) is 5.62. The third-order valence-electron chi connectivity index (χ3n) is 3.70. The molecule has 1 aromatic rings. The number of nitrogens with zero attached hydrogens (tertiary/aromatic N) is 1. The van der Waals surface area contributed by atoms with Gasteiger partial charge in [0.25, 0.3) is 0 Å². The number of methoxy groups -OCH3 is 1. The number of sulfonamides is 1. The van der Waals surface area contributed by atoms with Crippen molar-refractivity contribution >= 4 is 22.0 Å². The van der Waals surface area contributed by atoms with Gasteiger partial charge in [-0.2, -0.15) is 4.31 Å². The minimum atomic E-state index is -4.13. The zero-order valence-corrected chi connectivity index (χ0v) is 13.2. The van der Waals surface area contributed by atoms with Gasteiger partial charge in [0.05, 0.1) is 23.5 Å². The van der Waals surface area contributed by atoms with Crippen molar-refractivity contribution in [2.45, 2.75) is 17.7 Å². The molecule has 1 saturated heterocycles. The monoisotopic (exact) mass is 345 g/mol. The molecule has 2 rings (SSSR count). The first-order valence-corrected chi connectivity index (χ1v) is 8.32. The van der Waals surface area contributed by atoms with Gasteiger partial charge in [-0.05, 0) is 31.0 Å². The van der Waals surface area contributed by atoms with Gasteiger partial charge in [-0.15, -0.1) is 0 Å². The highest BCUT2D eigenvalue weighted by Gasteiger charge is 2.35. The smallest absolute Gasteiger partial charge is 0.339 e. The van der Waals surface area contributed by atoms with Crippen LogP contribution in [0.15, 0.2) is 23.1 Å². The van der Waals surface area contributed by atoms with E-state index in [1.54, 1.807) is 0 Å². The lowest BCUT2D eigenvalue weighted by molar-refractivity contribution is -0.142. The summed E-state index contributed by atoms with van der Waals surface area (Å²) in [6.45, 7) is -0.0419. The second kappa shape index (κ2) is 6.63. The van der Waals surface area contributed by atoms with E-state index >= 15 is 0 Å². The van der Waals surface area contributed by atoms with Gasteiger partial charge >= 0.3 is 11.9 Å². The van der Waals surface area contributed by atoms with E-state index in [9.17, 15) is 22.4 Å². The molecule has 1 aliphatic rings. The number of carboxylic acids is 1. The van der Waals surface area contributed by atoms with Crippen LogP contribution >= 0.6 is 0 Å². The molecule has 1 N–H and O–H groups in total. The number of halogens is 1. The number of carbonyl (C=O) groups is 2. The number of aliphatic carboxylic acids is 1. The Labute approximate surface area is 132 Å². The van der Waals surface area contributed by atoms with Gasteiger partial charge in [0.1, 0.15) is 5.82 Å². The first-order valence-electron chi connectivity index (χ1n) is 6.88. The molecular weight excluding hydrogens is 329 g/mol. The summed E-state index contributed by atoms with van der Waals surface area (Å²) in [7, 11) is -3.07. The van der Waals surface area contributed by atoms with Crippen LogP contribution in [-0.2, 0) is 19.6 Å². The molecule has 1 aromatic carbocycles. The molecule has 0 amide bonds. The average Bonchev–Trinajstić information content (AvgIpc) is 2.53. The standard InChI is InChI=1S/C14H16FNO6S/c1-22-14(19)11-7-10(15)4-5-12(11)23(20,21)16-6-2-3-9(8-16)13(17)18/h4-5,7,9H,2-3,6,8H2,1H3,(H,17,18). The topological polar surface area (TPSA) is 101 Å². The number of carboxylic acid groups (broad SMARTS) is 1. The Bertz CT molecular complexity index is 733. The maximum atomic E-state index is 13.3. The Morgan fingerprint density at radius 1 is 1.39 bits per heavy atom. The van der Waals surface area contributed by atoms with Gasteiger partial charge < -0.3 is 9.84 Å². The van der Waals surface area contributed by atoms with Crippen LogP contribution in [0.5, 0.6) is 0 Å². The number of piperidine rings is 1. The molecule has 0 aromatic heterocycles. The van der Waals surface area contributed by atoms with Crippen molar-refractivity contribution in [3.05, 3.63) is 29.6 Å². The minimum absolute atomic E-state index is 0.143. The second-order valence-electron chi connectivity index (χ2n) is 5.17. The SMILES string of the molecule is COC(=O)c1cc(F)ccc1S(=O)(=O)N1CCCC(C(=O)O)C1. The van der Waals surface area contributed by atoms with Crippen molar-refractivity contribution in [2.75, 3.05) is 20.2 Å². The highest BCUT2D eigenvalue weighted by atomic mass is 32.2. The highest BCUT2D eigenvalue weighted by molar-refractivity contribution is 7.89. The van der Waals surface area contributed by atoms with E-state index in [2.05, 4.69) is 4.74 Å². The van der Waals surface area contributed by atoms with Crippen LogP contribution < -0.4 is 0 Å². The van der Waals surface area contributed by atoms with E-state index in [1.807, 2.05) is 0 Å². The lowest BCUT2D eigenvalue weighted by Crippen LogP contribution is -2.42. The molecule has 0 radical (unpaired) electrons. The number of hydrogen-bond acceptors (Lipinski definition) is 5. The first kappa shape index (κ1) is 17.4. The van der Waals surface area contributed by atoms with Gasteiger partial charge in [-0.3, -0.25) is 4.79 Å². The molecule has 1 fully saturated rings. The largest absolute Gasteiger partial charge is 0.481 e. The first-order chi connectivity index (χ1) is 10.8. The third kappa shape index (κ3) is 3.50. The van der Waals surface area contributed by atoms with Crippen molar-refractivity contribution in [2.24, 2.45) is 5.92 Å². The quantitative estimate of drug-likeness (QED) is 0.820. The molecule has 0 spiro atoms. The maximum Gasteiger partial charge on any atom is 0.339 e. The average molecular weight is 345 g/mol. The van der Waals surface area contributed by atoms with Crippen LogP contribution in [0.25, 0.3) is 0 Å². The van der Waals surface area contributed by atoms with Crippen molar-refractivity contribution in [3.63, 3.8) is 0 Å². The highest BCUT2D eigenvalue weighted by Crippen LogP contribution is 2.27. The zero-order valence-electron chi connectivity index (χ0n) is 12.4. The number of rotatable bonds is 4. The molecule has 1 atom stereocenters. The second-order valence-corrected chi connectivity index (χ2v) is 7.08. The maximum absolute atomic E-state index is 13.3. The van der Waals surface area contributed by atoms with E-state index in [0.29, 0.717) is 12.8 Å². The summed E-state index contributed by atoms with van der Waals surface area (Å²) in [5, 5.41) is 9.06. The Kier molecular flexibility index (Phi) is 5.00. The lowest BCUT2D eigenvalue weighted by Gasteiger charge is -2.30. The summed E-state index contributed by atoms with van der Waals surface area (Å²) in [6.07, 6.45) is 0.777. The number of ether oxygens (including phenoxy) is 1. The van der Waals surface area contributed by atoms with Crippen molar-refractivity contribution in [1.82, 2.24) is 4.31 Å². The number of carbonyl (C=O) groups excluding carboxylic acids is 1. The minimum Gasteiger partial charge on any atom is -0.481 e. The molecule has 0 saturated carbocycles. The van der Waals surface area contributed by atoms with Gasteiger partial charge in [0, 0.05) is 13.1 Å². The molecule has 1 unspecified atom stereocenters. The Morgan fingerprint density at radius 3 is 2.70 bits per heavy atom. The molecule has 126 valence electrons. The van der Waals surface area contributed by atoms with E-state index in [0.717, 1.165) is 29.6 Å². The van der Waals surface area contributed by atoms with E-state index in [1.165, 1.54) is 0 Å². The molecule has 7 nitrogen and oxygen atoms in total. The molecular formula is C14H16FNO6S. The van der Waals surface area contributed by atoms with Gasteiger partial charge in [0.2, 0.25) is 10.0 Å². The zero-order chi connectivity index (χ0) is 17.2. The fourth-order valence-electron chi connectivity index (χ4n) is 2.50. The molecule has 0 bridgehead atoms. The van der Waals surface area contributed by atoms with E-state index < -0.39 is 44.2 Å². The van der Waals surface area contributed by atoms with Crippen LogP contribution in [0.4, 0.5) is 4.39 Å². The molecule has 0 aliphatic carbocycles. The predicted molar refractivity (Wildman–Crippen MR) is 76.9 cm³/mol. The van der Waals surface area contributed by atoms with E-state index in [4.69, 9.17) is 5.11 Å². The number of esters is 1.